The average molecular weight is 435 g/mol. The largest absolute Gasteiger partial charge is 0.493 e. The van der Waals surface area contributed by atoms with E-state index in [1.165, 1.54) is 5.56 Å². The molecule has 1 aliphatic heterocycles. The number of ether oxygens (including phenoxy) is 3. The van der Waals surface area contributed by atoms with Crippen molar-refractivity contribution in [3.8, 4) is 11.5 Å². The Bertz CT molecular complexity index is 746. The van der Waals surface area contributed by atoms with Crippen molar-refractivity contribution in [2.24, 2.45) is 4.99 Å². The number of methoxy groups -OCH3 is 2. The van der Waals surface area contributed by atoms with E-state index in [1.807, 2.05) is 32.9 Å². The molecule has 1 saturated heterocycles. The Morgan fingerprint density at radius 1 is 1.23 bits per heavy atom. The van der Waals surface area contributed by atoms with Gasteiger partial charge in [-0.2, -0.15) is 0 Å². The second kappa shape index (κ2) is 11.7. The first kappa shape index (κ1) is 24.6. The standard InChI is InChI=1S/C23H38N4O4/c1-7-24-21(27-14-12-18(16-27)26-22(28)31-23(2,3)4)25-13-8-9-17-10-11-19(29-5)20(15-17)30-6/h10-11,15,18H,7-9,12-14,16H2,1-6H3,(H,24,25)(H,26,28). The highest BCUT2D eigenvalue weighted by molar-refractivity contribution is 5.80. The number of guanidine groups is 1. The maximum absolute atomic E-state index is 12.0. The summed E-state index contributed by atoms with van der Waals surface area (Å²) in [5.41, 5.74) is 0.702. The summed E-state index contributed by atoms with van der Waals surface area (Å²) in [5.74, 6) is 2.38. The van der Waals surface area contributed by atoms with E-state index in [1.54, 1.807) is 14.2 Å². The van der Waals surface area contributed by atoms with Gasteiger partial charge < -0.3 is 29.7 Å². The number of carbonyl (C=O) groups excluding carboxylic acids is 1. The summed E-state index contributed by atoms with van der Waals surface area (Å²) in [6.07, 6.45) is 2.34. The minimum Gasteiger partial charge on any atom is -0.493 e. The van der Waals surface area contributed by atoms with Crippen LogP contribution in [0.15, 0.2) is 23.2 Å². The third kappa shape index (κ3) is 8.19. The van der Waals surface area contributed by atoms with Crippen molar-refractivity contribution in [1.82, 2.24) is 15.5 Å². The molecule has 1 amide bonds. The Morgan fingerprint density at radius 2 is 1.97 bits per heavy atom. The first-order valence-electron chi connectivity index (χ1n) is 11.0. The molecule has 1 fully saturated rings. The van der Waals surface area contributed by atoms with Gasteiger partial charge in [-0.25, -0.2) is 4.79 Å². The molecule has 8 heteroatoms. The van der Waals surface area contributed by atoms with Gasteiger partial charge in [0.05, 0.1) is 20.3 Å². The fraction of sp³-hybridized carbons (Fsp3) is 0.652. The molecule has 1 heterocycles. The van der Waals surface area contributed by atoms with E-state index in [9.17, 15) is 4.79 Å². The van der Waals surface area contributed by atoms with Gasteiger partial charge in [-0.05, 0) is 64.7 Å². The van der Waals surface area contributed by atoms with Crippen molar-refractivity contribution in [2.45, 2.75) is 58.6 Å². The van der Waals surface area contributed by atoms with E-state index in [2.05, 4.69) is 28.5 Å². The van der Waals surface area contributed by atoms with E-state index < -0.39 is 5.60 Å². The third-order valence-electron chi connectivity index (χ3n) is 4.88. The Labute approximate surface area is 186 Å². The predicted molar refractivity (Wildman–Crippen MR) is 123 cm³/mol. The lowest BCUT2D eigenvalue weighted by Gasteiger charge is -2.23. The monoisotopic (exact) mass is 434 g/mol. The molecule has 1 atom stereocenters. The quantitative estimate of drug-likeness (QED) is 0.371. The van der Waals surface area contributed by atoms with Crippen LogP contribution in [-0.4, -0.2) is 69.0 Å². The van der Waals surface area contributed by atoms with Crippen LogP contribution in [0, 0.1) is 0 Å². The van der Waals surface area contributed by atoms with Crippen LogP contribution < -0.4 is 20.1 Å². The number of aliphatic imine (C=N–C) groups is 1. The summed E-state index contributed by atoms with van der Waals surface area (Å²) in [7, 11) is 3.29. The number of rotatable bonds is 8. The number of carbonyl (C=O) groups is 1. The number of aryl methyl sites for hydroxylation is 1. The first-order valence-corrected chi connectivity index (χ1v) is 11.0. The number of alkyl carbamates (subject to hydrolysis) is 1. The molecule has 1 aliphatic rings. The van der Waals surface area contributed by atoms with Crippen LogP contribution in [0.5, 0.6) is 11.5 Å². The molecule has 1 aromatic rings. The van der Waals surface area contributed by atoms with Crippen molar-refractivity contribution in [1.29, 1.82) is 0 Å². The predicted octanol–water partition coefficient (Wildman–Crippen LogP) is 3.20. The number of hydrogen-bond acceptors (Lipinski definition) is 5. The Morgan fingerprint density at radius 3 is 2.61 bits per heavy atom. The molecule has 8 nitrogen and oxygen atoms in total. The van der Waals surface area contributed by atoms with Gasteiger partial charge in [0.1, 0.15) is 5.60 Å². The topological polar surface area (TPSA) is 84.4 Å². The zero-order chi connectivity index (χ0) is 22.9. The Balaban J connectivity index is 1.86. The molecule has 0 bridgehead atoms. The molecule has 0 aromatic heterocycles. The van der Waals surface area contributed by atoms with Crippen LogP contribution in [0.4, 0.5) is 4.79 Å². The van der Waals surface area contributed by atoms with Crippen LogP contribution in [0.1, 0.15) is 46.1 Å². The lowest BCUT2D eigenvalue weighted by molar-refractivity contribution is 0.0507. The summed E-state index contributed by atoms with van der Waals surface area (Å²) < 4.78 is 16.0. The van der Waals surface area contributed by atoms with Gasteiger partial charge in [-0.15, -0.1) is 0 Å². The highest BCUT2D eigenvalue weighted by Crippen LogP contribution is 2.27. The first-order chi connectivity index (χ1) is 14.8. The van der Waals surface area contributed by atoms with Gasteiger partial charge in [-0.3, -0.25) is 4.99 Å². The van der Waals surface area contributed by atoms with Crippen LogP contribution in [0.3, 0.4) is 0 Å². The van der Waals surface area contributed by atoms with E-state index in [-0.39, 0.29) is 12.1 Å². The summed E-state index contributed by atoms with van der Waals surface area (Å²) in [5, 5.41) is 6.33. The molecule has 31 heavy (non-hydrogen) atoms. The van der Waals surface area contributed by atoms with Crippen molar-refractivity contribution in [3.63, 3.8) is 0 Å². The maximum atomic E-state index is 12.0. The summed E-state index contributed by atoms with van der Waals surface area (Å²) in [6.45, 7) is 10.8. The molecule has 0 aliphatic carbocycles. The maximum Gasteiger partial charge on any atom is 0.407 e. The van der Waals surface area contributed by atoms with Gasteiger partial charge in [0, 0.05) is 26.2 Å². The summed E-state index contributed by atoms with van der Waals surface area (Å²) in [6, 6.07) is 6.07. The number of amides is 1. The molecular weight excluding hydrogens is 396 g/mol. The van der Waals surface area contributed by atoms with Crippen molar-refractivity contribution in [2.75, 3.05) is 40.4 Å². The molecule has 0 saturated carbocycles. The third-order valence-corrected chi connectivity index (χ3v) is 4.88. The van der Waals surface area contributed by atoms with E-state index in [0.29, 0.717) is 0 Å². The van der Waals surface area contributed by atoms with Crippen molar-refractivity contribution < 1.29 is 19.0 Å². The van der Waals surface area contributed by atoms with E-state index in [4.69, 9.17) is 19.2 Å². The van der Waals surface area contributed by atoms with Crippen LogP contribution >= 0.6 is 0 Å². The highest BCUT2D eigenvalue weighted by atomic mass is 16.6. The molecule has 1 aromatic carbocycles. The lowest BCUT2D eigenvalue weighted by Crippen LogP contribution is -2.44. The second-order valence-electron chi connectivity index (χ2n) is 8.61. The number of likely N-dealkylation sites (tertiary alicyclic amines) is 1. The molecule has 174 valence electrons. The number of hydrogen-bond donors (Lipinski definition) is 2. The number of nitrogens with zero attached hydrogens (tertiary/aromatic N) is 2. The second-order valence-corrected chi connectivity index (χ2v) is 8.61. The van der Waals surface area contributed by atoms with Crippen molar-refractivity contribution in [3.05, 3.63) is 23.8 Å². The molecule has 2 N–H and O–H groups in total. The Hall–Kier alpha value is -2.64. The fourth-order valence-corrected chi connectivity index (χ4v) is 3.47. The molecule has 0 spiro atoms. The highest BCUT2D eigenvalue weighted by Gasteiger charge is 2.27. The van der Waals surface area contributed by atoms with Crippen LogP contribution in [0.25, 0.3) is 0 Å². The molecule has 0 radical (unpaired) electrons. The summed E-state index contributed by atoms with van der Waals surface area (Å²) >= 11 is 0. The van der Waals surface area contributed by atoms with Crippen LogP contribution in [-0.2, 0) is 11.2 Å². The normalized spacial score (nSPS) is 16.8. The zero-order valence-corrected chi connectivity index (χ0v) is 19.8. The molecular formula is C23H38N4O4. The minimum atomic E-state index is -0.493. The number of nitrogens with one attached hydrogen (secondary N) is 2. The minimum absolute atomic E-state index is 0.0606. The summed E-state index contributed by atoms with van der Waals surface area (Å²) in [4.78, 5) is 19.0. The SMILES string of the molecule is CCNC(=NCCCc1ccc(OC)c(OC)c1)N1CCC(NC(=O)OC(C)(C)C)C1. The zero-order valence-electron chi connectivity index (χ0n) is 19.8. The van der Waals surface area contributed by atoms with Gasteiger partial charge in [-0.1, -0.05) is 6.07 Å². The Kier molecular flexibility index (Phi) is 9.27. The molecule has 2 rings (SSSR count). The van der Waals surface area contributed by atoms with Gasteiger partial charge in [0.15, 0.2) is 17.5 Å². The van der Waals surface area contributed by atoms with E-state index >= 15 is 0 Å². The van der Waals surface area contributed by atoms with E-state index in [0.717, 1.165) is 62.9 Å². The van der Waals surface area contributed by atoms with Gasteiger partial charge in [0.25, 0.3) is 0 Å². The van der Waals surface area contributed by atoms with Gasteiger partial charge >= 0.3 is 6.09 Å². The molecule has 1 unspecified atom stereocenters. The fourth-order valence-electron chi connectivity index (χ4n) is 3.47. The lowest BCUT2D eigenvalue weighted by atomic mass is 10.1. The average Bonchev–Trinajstić information content (AvgIpc) is 3.16. The number of benzene rings is 1. The van der Waals surface area contributed by atoms with Crippen molar-refractivity contribution >= 4 is 12.1 Å². The van der Waals surface area contributed by atoms with Gasteiger partial charge in [0.2, 0.25) is 0 Å². The smallest absolute Gasteiger partial charge is 0.407 e. The van der Waals surface area contributed by atoms with Crippen LogP contribution in [0.2, 0.25) is 0 Å².